The van der Waals surface area contributed by atoms with E-state index in [0.717, 1.165) is 23.9 Å². The van der Waals surface area contributed by atoms with E-state index in [0.29, 0.717) is 5.92 Å². The van der Waals surface area contributed by atoms with Gasteiger partial charge in [0.15, 0.2) is 0 Å². The smallest absolute Gasteiger partial charge is 0.409 e. The van der Waals surface area contributed by atoms with Crippen LogP contribution in [-0.4, -0.2) is 26.7 Å². The first-order valence-corrected chi connectivity index (χ1v) is 8.73. The fourth-order valence-electron chi connectivity index (χ4n) is 3.35. The molecule has 1 N–H and O–H groups in total. The Labute approximate surface area is 142 Å². The van der Waals surface area contributed by atoms with Gasteiger partial charge in [0, 0.05) is 0 Å². The monoisotopic (exact) mass is 330 g/mol. The molecule has 1 aromatic carbocycles. The predicted molar refractivity (Wildman–Crippen MR) is 92.5 cm³/mol. The zero-order valence-electron chi connectivity index (χ0n) is 14.7. The third-order valence-electron chi connectivity index (χ3n) is 4.40. The van der Waals surface area contributed by atoms with Gasteiger partial charge in [-0.2, -0.15) is 0 Å². The van der Waals surface area contributed by atoms with Crippen molar-refractivity contribution >= 4 is 17.1 Å². The maximum absolute atomic E-state index is 12.3. The van der Waals surface area contributed by atoms with Gasteiger partial charge in [-0.15, -0.1) is 5.10 Å². The molecule has 1 heterocycles. The molecule has 6 nitrogen and oxygen atoms in total. The fraction of sp³-hybridized carbons (Fsp3) is 0.611. The number of fused-ring (bicyclic) bond motifs is 1. The number of nitrogens with zero attached hydrogens (tertiary/aromatic N) is 3. The highest BCUT2D eigenvalue weighted by Gasteiger charge is 2.30. The lowest BCUT2D eigenvalue weighted by Gasteiger charge is -2.31. The third-order valence-corrected chi connectivity index (χ3v) is 4.40. The van der Waals surface area contributed by atoms with Gasteiger partial charge in [-0.05, 0) is 51.7 Å². The van der Waals surface area contributed by atoms with Crippen molar-refractivity contribution in [3.8, 4) is 0 Å². The van der Waals surface area contributed by atoms with E-state index >= 15 is 0 Å². The van der Waals surface area contributed by atoms with Crippen molar-refractivity contribution in [3.05, 3.63) is 24.3 Å². The average Bonchev–Trinajstić information content (AvgIpc) is 2.96. The number of amides is 1. The molecule has 24 heavy (non-hydrogen) atoms. The molecule has 1 atom stereocenters. The molecule has 3 rings (SSSR count). The lowest BCUT2D eigenvalue weighted by Crippen LogP contribution is -2.41. The first kappa shape index (κ1) is 16.7. The third kappa shape index (κ3) is 3.86. The van der Waals surface area contributed by atoms with Crippen LogP contribution in [-0.2, 0) is 4.74 Å². The summed E-state index contributed by atoms with van der Waals surface area (Å²) in [5.41, 5.74) is 1.25. The first-order valence-electron chi connectivity index (χ1n) is 8.73. The lowest BCUT2D eigenvalue weighted by molar-refractivity contribution is 0.0429. The van der Waals surface area contributed by atoms with Gasteiger partial charge in [-0.25, -0.2) is 9.48 Å². The molecule has 1 saturated carbocycles. The quantitative estimate of drug-likeness (QED) is 0.922. The summed E-state index contributed by atoms with van der Waals surface area (Å²) in [4.78, 5) is 12.3. The number of benzene rings is 1. The Bertz CT molecular complexity index is 698. The zero-order chi connectivity index (χ0) is 17.2. The van der Waals surface area contributed by atoms with Crippen LogP contribution in [0, 0.1) is 5.92 Å². The van der Waals surface area contributed by atoms with E-state index in [9.17, 15) is 4.79 Å². The summed E-state index contributed by atoms with van der Waals surface area (Å²) in [7, 11) is 0. The number of alkyl carbamates (subject to hydrolysis) is 1. The van der Waals surface area contributed by atoms with Crippen LogP contribution in [0.2, 0.25) is 0 Å². The summed E-state index contributed by atoms with van der Waals surface area (Å²) < 4.78 is 7.30. The molecular formula is C18H26N4O2. The van der Waals surface area contributed by atoms with Gasteiger partial charge in [0.05, 0.1) is 5.52 Å². The SMILES string of the molecule is CC(C)(C)OC(=O)NC(C1CCCCC1)n1nnc2ccccc21. The molecule has 0 saturated heterocycles. The molecule has 1 unspecified atom stereocenters. The van der Waals surface area contributed by atoms with Gasteiger partial charge >= 0.3 is 6.09 Å². The van der Waals surface area contributed by atoms with Crippen molar-refractivity contribution in [2.75, 3.05) is 0 Å². The second-order valence-electron chi connectivity index (χ2n) is 7.51. The van der Waals surface area contributed by atoms with Gasteiger partial charge in [-0.3, -0.25) is 5.32 Å². The minimum Gasteiger partial charge on any atom is -0.444 e. The number of para-hydroxylation sites is 1. The standard InChI is InChI=1S/C18H26N4O2/c1-18(2,3)24-17(23)19-16(13-9-5-4-6-10-13)22-15-12-8-7-11-14(15)20-21-22/h7-8,11-13,16H,4-6,9-10H2,1-3H3,(H,19,23). The van der Waals surface area contributed by atoms with E-state index in [-0.39, 0.29) is 6.17 Å². The van der Waals surface area contributed by atoms with Crippen LogP contribution in [0.3, 0.4) is 0 Å². The number of rotatable bonds is 3. The first-order chi connectivity index (χ1) is 11.4. The van der Waals surface area contributed by atoms with Crippen molar-refractivity contribution in [3.63, 3.8) is 0 Å². The van der Waals surface area contributed by atoms with Crippen molar-refractivity contribution in [2.24, 2.45) is 5.92 Å². The van der Waals surface area contributed by atoms with E-state index in [1.54, 1.807) is 0 Å². The molecule has 0 radical (unpaired) electrons. The topological polar surface area (TPSA) is 69.0 Å². The van der Waals surface area contributed by atoms with Gasteiger partial charge < -0.3 is 4.74 Å². The van der Waals surface area contributed by atoms with Crippen LogP contribution in [0.5, 0.6) is 0 Å². The van der Waals surface area contributed by atoms with Crippen molar-refractivity contribution in [1.29, 1.82) is 0 Å². The molecule has 1 aromatic heterocycles. The molecule has 1 aliphatic carbocycles. The maximum atomic E-state index is 12.3. The van der Waals surface area contributed by atoms with Crippen molar-refractivity contribution in [1.82, 2.24) is 20.3 Å². The summed E-state index contributed by atoms with van der Waals surface area (Å²) >= 11 is 0. The second-order valence-corrected chi connectivity index (χ2v) is 7.51. The van der Waals surface area contributed by atoms with E-state index < -0.39 is 11.7 Å². The van der Waals surface area contributed by atoms with Gasteiger partial charge in [0.1, 0.15) is 17.3 Å². The van der Waals surface area contributed by atoms with Crippen LogP contribution >= 0.6 is 0 Å². The van der Waals surface area contributed by atoms with Crippen LogP contribution in [0.1, 0.15) is 59.0 Å². The minimum atomic E-state index is -0.522. The highest BCUT2D eigenvalue weighted by atomic mass is 16.6. The Kier molecular flexibility index (Phi) is 4.73. The number of carbonyl (C=O) groups is 1. The average molecular weight is 330 g/mol. The molecule has 0 bridgehead atoms. The van der Waals surface area contributed by atoms with Crippen LogP contribution in [0.25, 0.3) is 11.0 Å². The number of nitrogens with one attached hydrogen (secondary N) is 1. The molecule has 1 amide bonds. The van der Waals surface area contributed by atoms with Crippen LogP contribution in [0.15, 0.2) is 24.3 Å². The van der Waals surface area contributed by atoms with Gasteiger partial charge in [0.2, 0.25) is 0 Å². The van der Waals surface area contributed by atoms with Crippen molar-refractivity contribution < 1.29 is 9.53 Å². The summed E-state index contributed by atoms with van der Waals surface area (Å²) in [6, 6.07) is 7.83. The van der Waals surface area contributed by atoms with Crippen LogP contribution < -0.4 is 5.32 Å². The highest BCUT2D eigenvalue weighted by Crippen LogP contribution is 2.32. The van der Waals surface area contributed by atoms with Gasteiger partial charge in [-0.1, -0.05) is 36.6 Å². The number of ether oxygens (including phenoxy) is 1. The number of hydrogen-bond donors (Lipinski definition) is 1. The van der Waals surface area contributed by atoms with E-state index in [2.05, 4.69) is 15.6 Å². The maximum Gasteiger partial charge on any atom is 0.409 e. The Morgan fingerprint density at radius 3 is 2.67 bits per heavy atom. The Morgan fingerprint density at radius 1 is 1.25 bits per heavy atom. The molecule has 130 valence electrons. The van der Waals surface area contributed by atoms with E-state index in [1.165, 1.54) is 19.3 Å². The van der Waals surface area contributed by atoms with Gasteiger partial charge in [0.25, 0.3) is 0 Å². The molecule has 0 aliphatic heterocycles. The molecular weight excluding hydrogens is 304 g/mol. The summed E-state index contributed by atoms with van der Waals surface area (Å²) in [6.07, 6.45) is 5.15. The largest absolute Gasteiger partial charge is 0.444 e. The molecule has 6 heteroatoms. The predicted octanol–water partition coefficient (Wildman–Crippen LogP) is 4.03. The number of aromatic nitrogens is 3. The second kappa shape index (κ2) is 6.79. The molecule has 2 aromatic rings. The van der Waals surface area contributed by atoms with E-state index in [4.69, 9.17) is 4.74 Å². The Balaban J connectivity index is 1.88. The molecule has 1 aliphatic rings. The van der Waals surface area contributed by atoms with Crippen LogP contribution in [0.4, 0.5) is 4.79 Å². The fourth-order valence-corrected chi connectivity index (χ4v) is 3.35. The summed E-state index contributed by atoms with van der Waals surface area (Å²) in [5.74, 6) is 0.344. The zero-order valence-corrected chi connectivity index (χ0v) is 14.7. The normalized spacial score (nSPS) is 17.6. The molecule has 0 spiro atoms. The van der Waals surface area contributed by atoms with E-state index in [1.807, 2.05) is 49.7 Å². The minimum absolute atomic E-state index is 0.229. The highest BCUT2D eigenvalue weighted by molar-refractivity contribution is 5.74. The Morgan fingerprint density at radius 2 is 1.96 bits per heavy atom. The molecule has 1 fully saturated rings. The Hall–Kier alpha value is -2.11. The summed E-state index contributed by atoms with van der Waals surface area (Å²) in [6.45, 7) is 5.60. The summed E-state index contributed by atoms with van der Waals surface area (Å²) in [5, 5.41) is 11.6. The number of carbonyl (C=O) groups excluding carboxylic acids is 1. The number of hydrogen-bond acceptors (Lipinski definition) is 4. The lowest BCUT2D eigenvalue weighted by atomic mass is 9.87. The van der Waals surface area contributed by atoms with Crippen molar-refractivity contribution in [2.45, 2.75) is 64.6 Å².